The van der Waals surface area contributed by atoms with E-state index in [1.165, 1.54) is 0 Å². The molecule has 0 radical (unpaired) electrons. The molecule has 3 rings (SSSR count). The zero-order valence-corrected chi connectivity index (χ0v) is 18.5. The number of rotatable bonds is 0. The number of aliphatic hydroxyl groups excluding tert-OH is 1. The van der Waals surface area contributed by atoms with Crippen molar-refractivity contribution in [3.63, 3.8) is 0 Å². The first-order chi connectivity index (χ1) is 11.6. The minimum Gasteiger partial charge on any atom is -0.397 e. The van der Waals surface area contributed by atoms with Crippen molar-refractivity contribution in [2.45, 2.75) is 6.92 Å². The second kappa shape index (κ2) is 18.4. The molecule has 1 nitrogen and oxygen atoms in total. The summed E-state index contributed by atoms with van der Waals surface area (Å²) in [7, 11) is 0. The molecule has 25 heavy (non-hydrogen) atoms. The van der Waals surface area contributed by atoms with Gasteiger partial charge in [0.15, 0.2) is 0 Å². The molecule has 0 fully saturated rings. The first-order valence-electron chi connectivity index (χ1n) is 7.82. The van der Waals surface area contributed by atoms with Gasteiger partial charge >= 0.3 is 0 Å². The maximum absolute atomic E-state index is 7.57. The maximum Gasteiger partial charge on any atom is 0.0402 e. The van der Waals surface area contributed by atoms with Gasteiger partial charge in [-0.3, -0.25) is 0 Å². The molecule has 0 aliphatic heterocycles. The smallest absolute Gasteiger partial charge is 0.0402 e. The van der Waals surface area contributed by atoms with Gasteiger partial charge < -0.3 is 5.11 Å². The van der Waals surface area contributed by atoms with Crippen molar-refractivity contribution in [3.05, 3.63) is 128 Å². The van der Waals surface area contributed by atoms with Crippen molar-refractivity contribution < 1.29 is 30.9 Å². The van der Waals surface area contributed by atoms with Gasteiger partial charge in [-0.15, -0.1) is 36.4 Å². The molecule has 0 unspecified atom stereocenters. The van der Waals surface area contributed by atoms with Gasteiger partial charge in [0.05, 0.1) is 0 Å². The van der Waals surface area contributed by atoms with Crippen LogP contribution in [0.15, 0.2) is 91.0 Å². The van der Waals surface area contributed by atoms with Gasteiger partial charge in [-0.1, -0.05) is 18.2 Å². The van der Waals surface area contributed by atoms with E-state index in [4.69, 9.17) is 5.11 Å². The van der Waals surface area contributed by atoms with Gasteiger partial charge in [0, 0.05) is 32.5 Å². The topological polar surface area (TPSA) is 20.2 Å². The van der Waals surface area contributed by atoms with Crippen LogP contribution in [0.1, 0.15) is 23.6 Å². The summed E-state index contributed by atoms with van der Waals surface area (Å²) in [4.78, 5) is 0. The molecule has 3 aromatic rings. The van der Waals surface area contributed by atoms with Crippen LogP contribution in [0.25, 0.3) is 0 Å². The fraction of sp³-hybridized carbons (Fsp3) is 0.0870. The van der Waals surface area contributed by atoms with Crippen LogP contribution < -0.4 is 0 Å². The van der Waals surface area contributed by atoms with E-state index in [0.29, 0.717) is 0 Å². The molecule has 0 aliphatic rings. The molecule has 0 amide bonds. The quantitative estimate of drug-likeness (QED) is 0.316. The molecule has 0 spiro atoms. The summed E-state index contributed by atoms with van der Waals surface area (Å²) in [5, 5.41) is 7.57. The van der Waals surface area contributed by atoms with E-state index >= 15 is 0 Å². The first kappa shape index (κ1) is 25.3. The number of aliphatic hydroxyl groups is 1. The summed E-state index contributed by atoms with van der Waals surface area (Å²) in [5.41, 5.74) is 3.22. The molecule has 0 atom stereocenters. The van der Waals surface area contributed by atoms with E-state index < -0.39 is 0 Å². The average molecular weight is 498 g/mol. The standard InChI is InChI=1S/3C7H7.C2H6O.Hf/c3*1-7-5-3-2-4-6-7;1-2-3;/h3*2-6H,1H2;3H,2H2,1H3;/q3*-1;;. The van der Waals surface area contributed by atoms with Crippen molar-refractivity contribution in [2.75, 3.05) is 6.61 Å². The van der Waals surface area contributed by atoms with Crippen molar-refractivity contribution in [1.29, 1.82) is 0 Å². The molecule has 0 aromatic heterocycles. The van der Waals surface area contributed by atoms with E-state index in [1.807, 2.05) is 91.0 Å². The minimum absolute atomic E-state index is 0. The Morgan fingerprint density at radius 1 is 0.560 bits per heavy atom. The van der Waals surface area contributed by atoms with Crippen LogP contribution in [0.2, 0.25) is 0 Å². The Morgan fingerprint density at radius 2 is 0.720 bits per heavy atom. The predicted molar refractivity (Wildman–Crippen MR) is 105 cm³/mol. The average Bonchev–Trinajstić information content (AvgIpc) is 2.59. The first-order valence-corrected chi connectivity index (χ1v) is 7.82. The zero-order chi connectivity index (χ0) is 18.0. The molecule has 0 heterocycles. The third kappa shape index (κ3) is 18.3. The number of benzene rings is 3. The Hall–Kier alpha value is -1.90. The SMILES string of the molecule is CCO.[CH2-]c1ccccc1.[CH2-]c1ccccc1.[CH2-]c1ccccc1.[Hf]. The second-order valence-corrected chi connectivity index (χ2v) is 4.77. The molecule has 0 aliphatic carbocycles. The van der Waals surface area contributed by atoms with E-state index in [1.54, 1.807) is 6.92 Å². The minimum atomic E-state index is 0. The second-order valence-electron chi connectivity index (χ2n) is 4.77. The van der Waals surface area contributed by atoms with Gasteiger partial charge in [-0.2, -0.15) is 73.9 Å². The fourth-order valence-corrected chi connectivity index (χ4v) is 1.43. The largest absolute Gasteiger partial charge is 0.397 e. The number of hydrogen-bond donors (Lipinski definition) is 1. The summed E-state index contributed by atoms with van der Waals surface area (Å²) in [6, 6.07) is 29.6. The van der Waals surface area contributed by atoms with Crippen molar-refractivity contribution in [1.82, 2.24) is 0 Å². The maximum atomic E-state index is 7.57. The molecule has 2 heteroatoms. The molecule has 3 aromatic carbocycles. The fourth-order valence-electron chi connectivity index (χ4n) is 1.43. The van der Waals surface area contributed by atoms with Crippen LogP contribution in [0, 0.1) is 20.8 Å². The Bertz CT molecular complexity index is 506. The monoisotopic (exact) mass is 499 g/mol. The summed E-state index contributed by atoms with van der Waals surface area (Å²) in [5.74, 6) is 0. The van der Waals surface area contributed by atoms with Crippen LogP contribution >= 0.6 is 0 Å². The third-order valence-corrected chi connectivity index (χ3v) is 2.53. The summed E-state index contributed by atoms with van der Waals surface area (Å²) < 4.78 is 0. The molecule has 132 valence electrons. The summed E-state index contributed by atoms with van der Waals surface area (Å²) in [6.45, 7) is 13.1. The van der Waals surface area contributed by atoms with Crippen LogP contribution in [0.5, 0.6) is 0 Å². The van der Waals surface area contributed by atoms with Crippen LogP contribution in [0.3, 0.4) is 0 Å². The van der Waals surface area contributed by atoms with Gasteiger partial charge in [0.1, 0.15) is 0 Å². The van der Waals surface area contributed by atoms with Crippen molar-refractivity contribution in [2.24, 2.45) is 0 Å². The molecular weight excluding hydrogens is 471 g/mol. The zero-order valence-electron chi connectivity index (χ0n) is 14.9. The predicted octanol–water partition coefficient (Wildman–Crippen LogP) is 5.60. The van der Waals surface area contributed by atoms with E-state index in [-0.39, 0.29) is 32.5 Å². The Kier molecular flexibility index (Phi) is 18.7. The molecule has 0 saturated heterocycles. The van der Waals surface area contributed by atoms with Crippen LogP contribution in [-0.2, 0) is 25.8 Å². The summed E-state index contributed by atoms with van der Waals surface area (Å²) >= 11 is 0. The molecule has 1 N–H and O–H groups in total. The third-order valence-electron chi connectivity index (χ3n) is 2.53. The van der Waals surface area contributed by atoms with Crippen molar-refractivity contribution in [3.8, 4) is 0 Å². The van der Waals surface area contributed by atoms with E-state index in [0.717, 1.165) is 16.7 Å². The van der Waals surface area contributed by atoms with Gasteiger partial charge in [0.2, 0.25) is 0 Å². The van der Waals surface area contributed by atoms with Gasteiger partial charge in [-0.25, -0.2) is 0 Å². The Morgan fingerprint density at radius 3 is 0.800 bits per heavy atom. The van der Waals surface area contributed by atoms with Gasteiger partial charge in [0.25, 0.3) is 0 Å². The van der Waals surface area contributed by atoms with E-state index in [2.05, 4.69) is 20.8 Å². The number of hydrogen-bond acceptors (Lipinski definition) is 1. The molecular formula is C23H27HfO-3. The van der Waals surface area contributed by atoms with E-state index in [9.17, 15) is 0 Å². The molecule has 0 saturated carbocycles. The molecule has 0 bridgehead atoms. The van der Waals surface area contributed by atoms with Crippen molar-refractivity contribution >= 4 is 0 Å². The summed E-state index contributed by atoms with van der Waals surface area (Å²) in [6.07, 6.45) is 0. The van der Waals surface area contributed by atoms with Crippen LogP contribution in [-0.4, -0.2) is 11.7 Å². The van der Waals surface area contributed by atoms with Gasteiger partial charge in [-0.05, 0) is 6.92 Å². The Labute approximate surface area is 172 Å². The van der Waals surface area contributed by atoms with Crippen LogP contribution in [0.4, 0.5) is 0 Å². The Balaban J connectivity index is 0. The normalized spacial score (nSPS) is 7.92.